The Hall–Kier alpha value is -0.870. The quantitative estimate of drug-likeness (QED) is 0.873. The topological polar surface area (TPSA) is 49.5 Å². The van der Waals surface area contributed by atoms with Crippen molar-refractivity contribution in [2.24, 2.45) is 5.92 Å². The molecule has 2 unspecified atom stereocenters. The summed E-state index contributed by atoms with van der Waals surface area (Å²) >= 11 is 0. The molecular formula is C14H22N2O2. The summed E-state index contributed by atoms with van der Waals surface area (Å²) < 4.78 is 5.11. The molecule has 2 heterocycles. The molecule has 2 aliphatic rings. The van der Waals surface area contributed by atoms with Gasteiger partial charge in [0, 0.05) is 31.6 Å². The van der Waals surface area contributed by atoms with E-state index in [2.05, 4.69) is 10.1 Å². The second-order valence-corrected chi connectivity index (χ2v) is 5.96. The third kappa shape index (κ3) is 2.31. The largest absolute Gasteiger partial charge is 0.390 e. The van der Waals surface area contributed by atoms with E-state index in [0.717, 1.165) is 43.9 Å². The van der Waals surface area contributed by atoms with Crippen molar-refractivity contribution in [3.05, 3.63) is 17.5 Å². The molecule has 18 heavy (non-hydrogen) atoms. The summed E-state index contributed by atoms with van der Waals surface area (Å²) in [6.45, 7) is 4.75. The zero-order chi connectivity index (χ0) is 12.6. The monoisotopic (exact) mass is 250 g/mol. The molecule has 1 aliphatic heterocycles. The zero-order valence-corrected chi connectivity index (χ0v) is 11.1. The Bertz CT molecular complexity index is 418. The number of aryl methyl sites for hydroxylation is 1. The van der Waals surface area contributed by atoms with E-state index < -0.39 is 0 Å². The van der Waals surface area contributed by atoms with Crippen LogP contribution in [0, 0.1) is 12.8 Å². The second kappa shape index (κ2) is 4.67. The molecule has 0 bridgehead atoms. The summed E-state index contributed by atoms with van der Waals surface area (Å²) in [5.74, 6) is 1.32. The Morgan fingerprint density at radius 2 is 2.39 bits per heavy atom. The van der Waals surface area contributed by atoms with Crippen molar-refractivity contribution >= 4 is 0 Å². The minimum Gasteiger partial charge on any atom is -0.390 e. The lowest BCUT2D eigenvalue weighted by molar-refractivity contribution is -0.0970. The number of aromatic nitrogens is 1. The summed E-state index contributed by atoms with van der Waals surface area (Å²) in [4.78, 5) is 2.40. The van der Waals surface area contributed by atoms with Crippen molar-refractivity contribution in [1.82, 2.24) is 10.1 Å². The molecule has 3 rings (SSSR count). The average Bonchev–Trinajstić information content (AvgIpc) is 2.75. The minimum absolute atomic E-state index is 0.380. The predicted octanol–water partition coefficient (Wildman–Crippen LogP) is 2.11. The van der Waals surface area contributed by atoms with E-state index in [1.54, 1.807) is 0 Å². The molecule has 1 aliphatic carbocycles. The van der Waals surface area contributed by atoms with E-state index in [1.807, 2.05) is 13.0 Å². The van der Waals surface area contributed by atoms with Crippen LogP contribution < -0.4 is 0 Å². The van der Waals surface area contributed by atoms with Crippen LogP contribution in [0.1, 0.15) is 43.6 Å². The van der Waals surface area contributed by atoms with E-state index in [0.29, 0.717) is 5.92 Å². The van der Waals surface area contributed by atoms with Crippen LogP contribution in [0.5, 0.6) is 0 Å². The number of fused-ring (bicyclic) bond motifs is 1. The lowest BCUT2D eigenvalue weighted by atomic mass is 9.71. The van der Waals surface area contributed by atoms with Crippen molar-refractivity contribution in [2.45, 2.75) is 51.2 Å². The first kappa shape index (κ1) is 12.2. The van der Waals surface area contributed by atoms with Gasteiger partial charge in [-0.15, -0.1) is 0 Å². The first-order chi connectivity index (χ1) is 8.66. The minimum atomic E-state index is -0.380. The molecule has 2 fully saturated rings. The van der Waals surface area contributed by atoms with Crippen LogP contribution in [0.4, 0.5) is 0 Å². The normalized spacial score (nSPS) is 33.3. The summed E-state index contributed by atoms with van der Waals surface area (Å²) in [5, 5.41) is 14.7. The fraction of sp³-hybridized carbons (Fsp3) is 0.786. The third-order valence-corrected chi connectivity index (χ3v) is 4.57. The molecule has 4 heteroatoms. The molecule has 1 aromatic rings. The number of likely N-dealkylation sites (tertiary alicyclic amines) is 1. The van der Waals surface area contributed by atoms with Crippen LogP contribution in [0.25, 0.3) is 0 Å². The van der Waals surface area contributed by atoms with Crippen LogP contribution in [-0.2, 0) is 6.54 Å². The first-order valence-corrected chi connectivity index (χ1v) is 7.03. The van der Waals surface area contributed by atoms with Gasteiger partial charge in [-0.05, 0) is 26.2 Å². The summed E-state index contributed by atoms with van der Waals surface area (Å²) in [5.41, 5.74) is 0.628. The van der Waals surface area contributed by atoms with Gasteiger partial charge in [0.15, 0.2) is 0 Å². The highest BCUT2D eigenvalue weighted by Crippen LogP contribution is 2.39. The summed E-state index contributed by atoms with van der Waals surface area (Å²) in [6.07, 6.45) is 5.54. The van der Waals surface area contributed by atoms with Gasteiger partial charge >= 0.3 is 0 Å². The van der Waals surface area contributed by atoms with E-state index in [4.69, 9.17) is 4.52 Å². The molecule has 0 aromatic carbocycles. The highest BCUT2D eigenvalue weighted by molar-refractivity contribution is 5.04. The predicted molar refractivity (Wildman–Crippen MR) is 68.0 cm³/mol. The molecule has 1 N–H and O–H groups in total. The zero-order valence-electron chi connectivity index (χ0n) is 11.1. The van der Waals surface area contributed by atoms with Crippen molar-refractivity contribution in [3.8, 4) is 0 Å². The summed E-state index contributed by atoms with van der Waals surface area (Å²) in [7, 11) is 0. The SMILES string of the molecule is Cc1cc(CN2CCC3(O)CCCCC3C2)no1. The van der Waals surface area contributed by atoms with Crippen LogP contribution in [0.2, 0.25) is 0 Å². The molecule has 1 aromatic heterocycles. The van der Waals surface area contributed by atoms with E-state index >= 15 is 0 Å². The Kier molecular flexibility index (Phi) is 3.16. The van der Waals surface area contributed by atoms with Crippen LogP contribution >= 0.6 is 0 Å². The molecule has 1 saturated heterocycles. The van der Waals surface area contributed by atoms with Crippen molar-refractivity contribution in [1.29, 1.82) is 0 Å². The van der Waals surface area contributed by atoms with Crippen LogP contribution in [-0.4, -0.2) is 33.9 Å². The Balaban J connectivity index is 1.63. The van der Waals surface area contributed by atoms with Crippen molar-refractivity contribution < 1.29 is 9.63 Å². The molecular weight excluding hydrogens is 228 g/mol. The van der Waals surface area contributed by atoms with E-state index in [1.165, 1.54) is 19.3 Å². The van der Waals surface area contributed by atoms with Gasteiger partial charge in [-0.2, -0.15) is 0 Å². The van der Waals surface area contributed by atoms with E-state index in [-0.39, 0.29) is 5.60 Å². The maximum Gasteiger partial charge on any atom is 0.133 e. The van der Waals surface area contributed by atoms with Crippen LogP contribution in [0.15, 0.2) is 10.6 Å². The van der Waals surface area contributed by atoms with Gasteiger partial charge in [0.25, 0.3) is 0 Å². The number of hydrogen-bond donors (Lipinski definition) is 1. The average molecular weight is 250 g/mol. The molecule has 4 nitrogen and oxygen atoms in total. The highest BCUT2D eigenvalue weighted by atomic mass is 16.5. The number of rotatable bonds is 2. The molecule has 0 spiro atoms. The first-order valence-electron chi connectivity index (χ1n) is 7.03. The molecule has 0 radical (unpaired) electrons. The van der Waals surface area contributed by atoms with Crippen LogP contribution in [0.3, 0.4) is 0 Å². The Morgan fingerprint density at radius 3 is 3.17 bits per heavy atom. The van der Waals surface area contributed by atoms with Gasteiger partial charge in [-0.1, -0.05) is 18.0 Å². The number of aliphatic hydroxyl groups is 1. The fourth-order valence-electron chi connectivity index (χ4n) is 3.50. The number of hydrogen-bond acceptors (Lipinski definition) is 4. The maximum absolute atomic E-state index is 10.6. The van der Waals surface area contributed by atoms with Crippen molar-refractivity contribution in [3.63, 3.8) is 0 Å². The standard InChI is InChI=1S/C14H22N2O2/c1-11-8-13(15-18-11)10-16-7-6-14(17)5-3-2-4-12(14)9-16/h8,12,17H,2-7,9-10H2,1H3. The van der Waals surface area contributed by atoms with Gasteiger partial charge in [0.1, 0.15) is 5.76 Å². The van der Waals surface area contributed by atoms with Gasteiger partial charge in [-0.25, -0.2) is 0 Å². The molecule has 100 valence electrons. The Morgan fingerprint density at radius 1 is 1.50 bits per heavy atom. The molecule has 1 saturated carbocycles. The highest BCUT2D eigenvalue weighted by Gasteiger charge is 2.42. The van der Waals surface area contributed by atoms with Gasteiger partial charge < -0.3 is 9.63 Å². The lowest BCUT2D eigenvalue weighted by Gasteiger charge is -2.47. The molecule has 0 amide bonds. The Labute approximate surface area is 108 Å². The molecule has 2 atom stereocenters. The fourth-order valence-corrected chi connectivity index (χ4v) is 3.50. The second-order valence-electron chi connectivity index (χ2n) is 5.96. The third-order valence-electron chi connectivity index (χ3n) is 4.57. The smallest absolute Gasteiger partial charge is 0.133 e. The summed E-state index contributed by atoms with van der Waals surface area (Å²) in [6, 6.07) is 2.00. The van der Waals surface area contributed by atoms with E-state index in [9.17, 15) is 5.11 Å². The number of piperidine rings is 1. The number of nitrogens with zero attached hydrogens (tertiary/aromatic N) is 2. The van der Waals surface area contributed by atoms with Gasteiger partial charge in [-0.3, -0.25) is 4.90 Å². The maximum atomic E-state index is 10.6. The van der Waals surface area contributed by atoms with Gasteiger partial charge in [0.2, 0.25) is 0 Å². The van der Waals surface area contributed by atoms with Gasteiger partial charge in [0.05, 0.1) is 11.3 Å². The lowest BCUT2D eigenvalue weighted by Crippen LogP contribution is -2.52. The van der Waals surface area contributed by atoms with Crippen molar-refractivity contribution in [2.75, 3.05) is 13.1 Å².